The van der Waals surface area contributed by atoms with Gasteiger partial charge in [0.05, 0.1) is 5.41 Å². The van der Waals surface area contributed by atoms with Crippen LogP contribution in [0.2, 0.25) is 0 Å². The molecule has 2 atom stereocenters. The molecule has 1 fully saturated rings. The molecule has 0 aliphatic heterocycles. The van der Waals surface area contributed by atoms with Crippen LogP contribution in [-0.4, -0.2) is 16.1 Å². The molecule has 1 aromatic rings. The number of pyridine rings is 1. The van der Waals surface area contributed by atoms with E-state index in [9.17, 15) is 9.90 Å². The van der Waals surface area contributed by atoms with Gasteiger partial charge in [0.1, 0.15) is 0 Å². The molecule has 3 nitrogen and oxygen atoms in total. The highest BCUT2D eigenvalue weighted by atomic mass is 79.9. The summed E-state index contributed by atoms with van der Waals surface area (Å²) in [6.07, 6.45) is 4.80. The Kier molecular flexibility index (Phi) is 3.52. The second-order valence-corrected chi connectivity index (χ2v) is 5.99. The van der Waals surface area contributed by atoms with Crippen molar-refractivity contribution in [2.75, 3.05) is 0 Å². The second kappa shape index (κ2) is 4.77. The number of aromatic nitrogens is 1. The summed E-state index contributed by atoms with van der Waals surface area (Å²) in [5, 5.41) is 9.46. The average molecular weight is 298 g/mol. The van der Waals surface area contributed by atoms with E-state index < -0.39 is 11.4 Å². The number of aliphatic carboxylic acids is 1. The second-order valence-electron chi connectivity index (χ2n) is 5.08. The molecule has 1 N–H and O–H groups in total. The van der Waals surface area contributed by atoms with Crippen LogP contribution in [-0.2, 0) is 11.2 Å². The van der Waals surface area contributed by atoms with Crippen molar-refractivity contribution in [2.24, 2.45) is 11.3 Å². The van der Waals surface area contributed by atoms with Gasteiger partial charge in [-0.25, -0.2) is 0 Å². The maximum atomic E-state index is 11.5. The van der Waals surface area contributed by atoms with Gasteiger partial charge in [0.15, 0.2) is 0 Å². The van der Waals surface area contributed by atoms with Crippen LogP contribution >= 0.6 is 15.9 Å². The van der Waals surface area contributed by atoms with E-state index in [4.69, 9.17) is 0 Å². The molecular weight excluding hydrogens is 282 g/mol. The van der Waals surface area contributed by atoms with Crippen molar-refractivity contribution in [1.82, 2.24) is 4.98 Å². The lowest BCUT2D eigenvalue weighted by Crippen LogP contribution is -2.31. The third-order valence-corrected chi connectivity index (χ3v) is 4.09. The first-order chi connectivity index (χ1) is 8.02. The topological polar surface area (TPSA) is 50.2 Å². The predicted octanol–water partition coefficient (Wildman–Crippen LogP) is 3.28. The first-order valence-electron chi connectivity index (χ1n) is 5.86. The monoisotopic (exact) mass is 297 g/mol. The molecule has 1 aliphatic rings. The minimum absolute atomic E-state index is 0.501. The van der Waals surface area contributed by atoms with Gasteiger partial charge in [-0.1, -0.05) is 6.92 Å². The quantitative estimate of drug-likeness (QED) is 0.931. The van der Waals surface area contributed by atoms with E-state index >= 15 is 0 Å². The first-order valence-corrected chi connectivity index (χ1v) is 6.65. The Hall–Kier alpha value is -0.900. The third kappa shape index (κ3) is 2.68. The van der Waals surface area contributed by atoms with Crippen molar-refractivity contribution in [3.05, 3.63) is 28.5 Å². The fourth-order valence-electron chi connectivity index (χ4n) is 2.68. The number of carboxylic acid groups (broad SMARTS) is 1. The summed E-state index contributed by atoms with van der Waals surface area (Å²) in [6, 6.07) is 3.81. The van der Waals surface area contributed by atoms with Crippen molar-refractivity contribution in [2.45, 2.75) is 32.6 Å². The number of halogens is 1. The lowest BCUT2D eigenvalue weighted by molar-refractivity contribution is -0.148. The highest BCUT2D eigenvalue weighted by molar-refractivity contribution is 9.10. The largest absolute Gasteiger partial charge is 0.481 e. The van der Waals surface area contributed by atoms with E-state index in [0.29, 0.717) is 12.3 Å². The number of carbonyl (C=O) groups is 1. The minimum Gasteiger partial charge on any atom is -0.481 e. The zero-order chi connectivity index (χ0) is 12.5. The normalized spacial score (nSPS) is 28.2. The van der Waals surface area contributed by atoms with Gasteiger partial charge in [0, 0.05) is 22.8 Å². The van der Waals surface area contributed by atoms with Gasteiger partial charge in [-0.15, -0.1) is 0 Å². The summed E-state index contributed by atoms with van der Waals surface area (Å²) >= 11 is 3.33. The zero-order valence-corrected chi connectivity index (χ0v) is 11.4. The van der Waals surface area contributed by atoms with Crippen LogP contribution in [0.4, 0.5) is 0 Å². The van der Waals surface area contributed by atoms with Crippen LogP contribution in [0.15, 0.2) is 22.8 Å². The summed E-state index contributed by atoms with van der Waals surface area (Å²) < 4.78 is 0.922. The molecule has 2 rings (SSSR count). The number of hydrogen-bond acceptors (Lipinski definition) is 2. The van der Waals surface area contributed by atoms with Gasteiger partial charge in [0.2, 0.25) is 0 Å². The lowest BCUT2D eigenvalue weighted by atomic mass is 9.81. The number of hydrogen-bond donors (Lipinski definition) is 1. The van der Waals surface area contributed by atoms with Crippen LogP contribution in [0.3, 0.4) is 0 Å². The van der Waals surface area contributed by atoms with Crippen molar-refractivity contribution in [3.63, 3.8) is 0 Å². The van der Waals surface area contributed by atoms with Gasteiger partial charge in [-0.3, -0.25) is 9.78 Å². The van der Waals surface area contributed by atoms with Crippen LogP contribution < -0.4 is 0 Å². The lowest BCUT2D eigenvalue weighted by Gasteiger charge is -2.23. The summed E-state index contributed by atoms with van der Waals surface area (Å²) in [5.41, 5.74) is 0.268. The average Bonchev–Trinajstić information content (AvgIpc) is 2.65. The van der Waals surface area contributed by atoms with E-state index in [-0.39, 0.29) is 0 Å². The SMILES string of the molecule is CC1CCC(Cc2ccc(Br)cn2)(C(=O)O)C1. The molecule has 0 bridgehead atoms. The van der Waals surface area contributed by atoms with Crippen LogP contribution in [0.1, 0.15) is 31.9 Å². The minimum atomic E-state index is -0.674. The number of carboxylic acids is 1. The molecule has 0 saturated heterocycles. The molecule has 1 saturated carbocycles. The van der Waals surface area contributed by atoms with E-state index in [1.807, 2.05) is 12.1 Å². The molecule has 0 aromatic carbocycles. The summed E-state index contributed by atoms with van der Waals surface area (Å²) in [7, 11) is 0. The van der Waals surface area contributed by atoms with Crippen molar-refractivity contribution in [3.8, 4) is 0 Å². The number of rotatable bonds is 3. The van der Waals surface area contributed by atoms with Crippen LogP contribution in [0, 0.1) is 11.3 Å². The smallest absolute Gasteiger partial charge is 0.310 e. The summed E-state index contributed by atoms with van der Waals surface area (Å²) in [6.45, 7) is 2.12. The molecule has 0 amide bonds. The fraction of sp³-hybridized carbons (Fsp3) is 0.538. The zero-order valence-electron chi connectivity index (χ0n) is 9.82. The predicted molar refractivity (Wildman–Crippen MR) is 68.7 cm³/mol. The van der Waals surface area contributed by atoms with Gasteiger partial charge in [-0.05, 0) is 53.2 Å². The fourth-order valence-corrected chi connectivity index (χ4v) is 2.92. The molecule has 0 radical (unpaired) electrons. The Morgan fingerprint density at radius 3 is 2.88 bits per heavy atom. The third-order valence-electron chi connectivity index (χ3n) is 3.62. The van der Waals surface area contributed by atoms with E-state index in [0.717, 1.165) is 29.4 Å². The first kappa shape index (κ1) is 12.6. The van der Waals surface area contributed by atoms with Crippen molar-refractivity contribution < 1.29 is 9.90 Å². The Balaban J connectivity index is 2.19. The molecule has 1 aliphatic carbocycles. The summed E-state index contributed by atoms with van der Waals surface area (Å²) in [5.74, 6) is -0.173. The number of nitrogens with zero attached hydrogens (tertiary/aromatic N) is 1. The maximum Gasteiger partial charge on any atom is 0.310 e. The molecule has 1 aromatic heterocycles. The Bertz CT molecular complexity index is 418. The van der Waals surface area contributed by atoms with Gasteiger partial charge in [0.25, 0.3) is 0 Å². The molecule has 92 valence electrons. The van der Waals surface area contributed by atoms with Crippen LogP contribution in [0.5, 0.6) is 0 Å². The standard InChI is InChI=1S/C13H16BrNO2/c1-9-4-5-13(6-9,12(16)17)7-11-3-2-10(14)8-15-11/h2-3,8-9H,4-7H2,1H3,(H,16,17). The van der Waals surface area contributed by atoms with E-state index in [2.05, 4.69) is 27.8 Å². The molecular formula is C13H16BrNO2. The molecule has 2 unspecified atom stereocenters. The molecule has 0 spiro atoms. The Morgan fingerprint density at radius 1 is 1.65 bits per heavy atom. The molecule has 1 heterocycles. The Labute approximate surface area is 109 Å². The highest BCUT2D eigenvalue weighted by Gasteiger charge is 2.44. The van der Waals surface area contributed by atoms with E-state index in [1.54, 1.807) is 6.20 Å². The van der Waals surface area contributed by atoms with E-state index in [1.165, 1.54) is 0 Å². The van der Waals surface area contributed by atoms with Gasteiger partial charge < -0.3 is 5.11 Å². The highest BCUT2D eigenvalue weighted by Crippen LogP contribution is 2.44. The molecule has 17 heavy (non-hydrogen) atoms. The van der Waals surface area contributed by atoms with Crippen molar-refractivity contribution >= 4 is 21.9 Å². The summed E-state index contributed by atoms with van der Waals surface area (Å²) in [4.78, 5) is 15.8. The van der Waals surface area contributed by atoms with Crippen LogP contribution in [0.25, 0.3) is 0 Å². The van der Waals surface area contributed by atoms with Gasteiger partial charge >= 0.3 is 5.97 Å². The molecule has 4 heteroatoms. The maximum absolute atomic E-state index is 11.5. The van der Waals surface area contributed by atoms with Gasteiger partial charge in [-0.2, -0.15) is 0 Å². The van der Waals surface area contributed by atoms with Crippen molar-refractivity contribution in [1.29, 1.82) is 0 Å². The Morgan fingerprint density at radius 2 is 2.41 bits per heavy atom.